The predicted molar refractivity (Wildman–Crippen MR) is 80.5 cm³/mol. The number of aromatic nitrogens is 1. The quantitative estimate of drug-likeness (QED) is 0.759. The molecule has 0 bridgehead atoms. The van der Waals surface area contributed by atoms with Gasteiger partial charge in [0.05, 0.1) is 11.2 Å². The van der Waals surface area contributed by atoms with E-state index in [1.807, 2.05) is 30.3 Å². The van der Waals surface area contributed by atoms with Gasteiger partial charge in [-0.3, -0.25) is 4.98 Å². The Morgan fingerprint density at radius 3 is 2.85 bits per heavy atom. The number of halogens is 2. The third kappa shape index (κ3) is 2.58. The summed E-state index contributed by atoms with van der Waals surface area (Å²) in [5.41, 5.74) is 2.40. The second-order valence-corrected chi connectivity index (χ2v) is 4.90. The lowest BCUT2D eigenvalue weighted by Crippen LogP contribution is -2.02. The van der Waals surface area contributed by atoms with Gasteiger partial charge in [0, 0.05) is 23.2 Å². The van der Waals surface area contributed by atoms with Crippen LogP contribution in [0.25, 0.3) is 10.9 Å². The minimum absolute atomic E-state index is 0.312. The molecule has 1 aromatic heterocycles. The van der Waals surface area contributed by atoms with E-state index in [0.29, 0.717) is 17.3 Å². The van der Waals surface area contributed by atoms with Gasteiger partial charge in [-0.2, -0.15) is 0 Å². The molecule has 20 heavy (non-hydrogen) atoms. The summed E-state index contributed by atoms with van der Waals surface area (Å²) in [4.78, 5) is 4.31. The van der Waals surface area contributed by atoms with E-state index in [4.69, 9.17) is 11.6 Å². The molecule has 4 heteroatoms. The largest absolute Gasteiger partial charge is 0.379 e. The number of hydrogen-bond donors (Lipinski definition) is 1. The second-order valence-electron chi connectivity index (χ2n) is 4.46. The fourth-order valence-corrected chi connectivity index (χ4v) is 2.30. The summed E-state index contributed by atoms with van der Waals surface area (Å²) in [6.45, 7) is 0.514. The summed E-state index contributed by atoms with van der Waals surface area (Å²) in [5, 5.41) is 4.64. The normalized spacial score (nSPS) is 10.7. The lowest BCUT2D eigenvalue weighted by molar-refractivity contribution is 0.630. The first kappa shape index (κ1) is 12.9. The molecule has 0 amide bonds. The Kier molecular flexibility index (Phi) is 3.52. The van der Waals surface area contributed by atoms with Crippen LogP contribution < -0.4 is 5.32 Å². The van der Waals surface area contributed by atoms with Crippen LogP contribution in [0.15, 0.2) is 54.7 Å². The standard InChI is InChI=1S/C16H12ClFN2/c17-12-5-6-14(18)16(9-12)20-10-11-7-8-19-15-4-2-1-3-13(11)15/h1-9,20H,10H2. The molecule has 0 aliphatic heterocycles. The minimum Gasteiger partial charge on any atom is -0.379 e. The third-order valence-corrected chi connectivity index (χ3v) is 3.37. The van der Waals surface area contributed by atoms with E-state index in [2.05, 4.69) is 10.3 Å². The fourth-order valence-electron chi connectivity index (χ4n) is 2.13. The first-order valence-electron chi connectivity index (χ1n) is 6.25. The first-order valence-corrected chi connectivity index (χ1v) is 6.63. The minimum atomic E-state index is -0.312. The van der Waals surface area contributed by atoms with Gasteiger partial charge in [0.15, 0.2) is 0 Å². The van der Waals surface area contributed by atoms with Crippen molar-refractivity contribution in [2.24, 2.45) is 0 Å². The molecule has 0 fully saturated rings. The zero-order valence-electron chi connectivity index (χ0n) is 10.6. The van der Waals surface area contributed by atoms with Gasteiger partial charge in [0.25, 0.3) is 0 Å². The van der Waals surface area contributed by atoms with Gasteiger partial charge < -0.3 is 5.32 Å². The van der Waals surface area contributed by atoms with Crippen molar-refractivity contribution in [2.75, 3.05) is 5.32 Å². The van der Waals surface area contributed by atoms with Crippen LogP contribution in [0.3, 0.4) is 0 Å². The maximum atomic E-state index is 13.7. The molecule has 0 aliphatic rings. The average molecular weight is 287 g/mol. The Hall–Kier alpha value is -2.13. The number of nitrogens with zero attached hydrogens (tertiary/aromatic N) is 1. The van der Waals surface area contributed by atoms with E-state index in [-0.39, 0.29) is 5.82 Å². The van der Waals surface area contributed by atoms with Crippen molar-refractivity contribution in [2.45, 2.75) is 6.54 Å². The van der Waals surface area contributed by atoms with Gasteiger partial charge in [-0.15, -0.1) is 0 Å². The Balaban J connectivity index is 1.89. The van der Waals surface area contributed by atoms with Crippen LogP contribution in [0.5, 0.6) is 0 Å². The molecule has 0 spiro atoms. The molecule has 0 atom stereocenters. The van der Waals surface area contributed by atoms with Crippen LogP contribution >= 0.6 is 11.6 Å². The molecule has 1 N–H and O–H groups in total. The van der Waals surface area contributed by atoms with Crippen LogP contribution in [-0.4, -0.2) is 4.98 Å². The first-order chi connectivity index (χ1) is 9.74. The molecular weight excluding hydrogens is 275 g/mol. The summed E-state index contributed by atoms with van der Waals surface area (Å²) in [6.07, 6.45) is 1.76. The maximum absolute atomic E-state index is 13.7. The number of rotatable bonds is 3. The van der Waals surface area contributed by atoms with Crippen molar-refractivity contribution in [1.82, 2.24) is 4.98 Å². The highest BCUT2D eigenvalue weighted by molar-refractivity contribution is 6.30. The van der Waals surface area contributed by atoms with Crippen molar-refractivity contribution in [3.05, 3.63) is 71.1 Å². The summed E-state index contributed by atoms with van der Waals surface area (Å²) < 4.78 is 13.7. The number of benzene rings is 2. The third-order valence-electron chi connectivity index (χ3n) is 3.14. The number of hydrogen-bond acceptors (Lipinski definition) is 2. The number of para-hydroxylation sites is 1. The molecule has 0 saturated heterocycles. The highest BCUT2D eigenvalue weighted by Gasteiger charge is 2.05. The smallest absolute Gasteiger partial charge is 0.146 e. The molecule has 3 aromatic rings. The Morgan fingerprint density at radius 1 is 1.10 bits per heavy atom. The summed E-state index contributed by atoms with van der Waals surface area (Å²) in [7, 11) is 0. The SMILES string of the molecule is Fc1ccc(Cl)cc1NCc1ccnc2ccccc12. The maximum Gasteiger partial charge on any atom is 0.146 e. The second kappa shape index (κ2) is 5.47. The monoisotopic (exact) mass is 286 g/mol. The highest BCUT2D eigenvalue weighted by Crippen LogP contribution is 2.22. The molecule has 100 valence electrons. The molecular formula is C16H12ClFN2. The van der Waals surface area contributed by atoms with Gasteiger partial charge in [-0.1, -0.05) is 29.8 Å². The Bertz CT molecular complexity index is 753. The van der Waals surface area contributed by atoms with E-state index in [1.54, 1.807) is 12.3 Å². The predicted octanol–water partition coefficient (Wildman–Crippen LogP) is 4.64. The molecule has 0 saturated carbocycles. The highest BCUT2D eigenvalue weighted by atomic mass is 35.5. The van der Waals surface area contributed by atoms with Crippen LogP contribution in [0.1, 0.15) is 5.56 Å². The Morgan fingerprint density at radius 2 is 1.95 bits per heavy atom. The summed E-state index contributed by atoms with van der Waals surface area (Å²) in [5.74, 6) is -0.312. The molecule has 2 nitrogen and oxygen atoms in total. The number of nitrogens with one attached hydrogen (secondary N) is 1. The van der Waals surface area contributed by atoms with Crippen molar-refractivity contribution in [1.29, 1.82) is 0 Å². The average Bonchev–Trinajstić information content (AvgIpc) is 2.48. The van der Waals surface area contributed by atoms with Crippen LogP contribution in [0.4, 0.5) is 10.1 Å². The molecule has 3 rings (SSSR count). The zero-order valence-corrected chi connectivity index (χ0v) is 11.4. The van der Waals surface area contributed by atoms with E-state index in [0.717, 1.165) is 16.5 Å². The van der Waals surface area contributed by atoms with Gasteiger partial charge in [0.1, 0.15) is 5.82 Å². The van der Waals surface area contributed by atoms with Crippen molar-refractivity contribution >= 4 is 28.2 Å². The summed E-state index contributed by atoms with van der Waals surface area (Å²) in [6, 6.07) is 14.3. The Labute approximate surface area is 121 Å². The van der Waals surface area contributed by atoms with Crippen molar-refractivity contribution < 1.29 is 4.39 Å². The fraction of sp³-hybridized carbons (Fsp3) is 0.0625. The van der Waals surface area contributed by atoms with E-state index in [1.165, 1.54) is 12.1 Å². The lowest BCUT2D eigenvalue weighted by Gasteiger charge is -2.10. The topological polar surface area (TPSA) is 24.9 Å². The summed E-state index contributed by atoms with van der Waals surface area (Å²) >= 11 is 5.88. The lowest BCUT2D eigenvalue weighted by atomic mass is 10.1. The van der Waals surface area contributed by atoms with Crippen LogP contribution in [0.2, 0.25) is 5.02 Å². The van der Waals surface area contributed by atoms with E-state index in [9.17, 15) is 4.39 Å². The van der Waals surface area contributed by atoms with Crippen LogP contribution in [0, 0.1) is 5.82 Å². The van der Waals surface area contributed by atoms with Gasteiger partial charge in [0.2, 0.25) is 0 Å². The van der Waals surface area contributed by atoms with Crippen LogP contribution in [-0.2, 0) is 6.54 Å². The van der Waals surface area contributed by atoms with Crippen molar-refractivity contribution in [3.63, 3.8) is 0 Å². The van der Waals surface area contributed by atoms with Gasteiger partial charge in [-0.25, -0.2) is 4.39 Å². The number of pyridine rings is 1. The molecule has 0 radical (unpaired) electrons. The van der Waals surface area contributed by atoms with Gasteiger partial charge in [-0.05, 0) is 35.9 Å². The molecule has 1 heterocycles. The van der Waals surface area contributed by atoms with Crippen molar-refractivity contribution in [3.8, 4) is 0 Å². The number of fused-ring (bicyclic) bond motifs is 1. The molecule has 0 unspecified atom stereocenters. The van der Waals surface area contributed by atoms with E-state index < -0.39 is 0 Å². The van der Waals surface area contributed by atoms with Gasteiger partial charge >= 0.3 is 0 Å². The molecule has 2 aromatic carbocycles. The number of anilines is 1. The van der Waals surface area contributed by atoms with E-state index >= 15 is 0 Å². The molecule has 0 aliphatic carbocycles. The zero-order chi connectivity index (χ0) is 13.9.